The van der Waals surface area contributed by atoms with Crippen molar-refractivity contribution in [3.8, 4) is 5.75 Å². The molecule has 7 rings (SSSR count). The van der Waals surface area contributed by atoms with Crippen molar-refractivity contribution in [1.82, 2.24) is 19.6 Å². The van der Waals surface area contributed by atoms with Gasteiger partial charge < -0.3 is 28.6 Å². The molecule has 2 aliphatic heterocycles. The molecule has 0 radical (unpaired) electrons. The first-order valence-electron chi connectivity index (χ1n) is 26.5. The second-order valence-corrected chi connectivity index (χ2v) is 25.9. The van der Waals surface area contributed by atoms with Crippen molar-refractivity contribution in [2.75, 3.05) is 39.6 Å². The van der Waals surface area contributed by atoms with Gasteiger partial charge in [-0.1, -0.05) is 72.8 Å². The lowest BCUT2D eigenvalue weighted by Crippen LogP contribution is -3.61. The number of hydrogen-bond donors (Lipinski definition) is 0. The van der Waals surface area contributed by atoms with Crippen molar-refractivity contribution in [3.63, 3.8) is 0 Å². The monoisotopic (exact) mass is 1650 g/mol. The van der Waals surface area contributed by atoms with Crippen molar-refractivity contribution in [1.29, 1.82) is 0 Å². The molecule has 0 N–H and O–H groups in total. The Morgan fingerprint density at radius 2 is 0.874 bits per heavy atom. The maximum absolute atomic E-state index is 14.9. The summed E-state index contributed by atoms with van der Waals surface area (Å²) in [4.78, 5) is 76.0. The molecular formula is C59H51Cl2F15I2N4O12S. The van der Waals surface area contributed by atoms with Gasteiger partial charge in [0.15, 0.2) is 13.7 Å². The first-order valence-corrected chi connectivity index (χ1v) is 32.2. The van der Waals surface area contributed by atoms with Crippen molar-refractivity contribution < 1.29 is 143 Å². The van der Waals surface area contributed by atoms with Crippen LogP contribution in [0.15, 0.2) is 146 Å². The van der Waals surface area contributed by atoms with Crippen LogP contribution in [-0.4, -0.2) is 138 Å². The minimum absolute atomic E-state index is 0.00700. The Hall–Kier alpha value is -6.58. The third-order valence-corrected chi connectivity index (χ3v) is 17.5. The molecule has 0 aliphatic carbocycles. The zero-order valence-corrected chi connectivity index (χ0v) is 55.6. The minimum atomic E-state index is -6.09. The van der Waals surface area contributed by atoms with Gasteiger partial charge >= 0.3 is 51.4 Å². The van der Waals surface area contributed by atoms with E-state index in [1.54, 1.807) is 36.4 Å². The summed E-state index contributed by atoms with van der Waals surface area (Å²) in [7, 11) is -2.04. The Bertz CT molecular complexity index is 3600. The highest BCUT2D eigenvalue weighted by Crippen LogP contribution is 2.55. The Morgan fingerprint density at radius 1 is 0.537 bits per heavy atom. The van der Waals surface area contributed by atoms with E-state index in [2.05, 4.69) is 0 Å². The van der Waals surface area contributed by atoms with E-state index in [1.165, 1.54) is 111 Å². The smallest absolute Gasteiger partial charge is 0.485 e. The van der Waals surface area contributed by atoms with Crippen LogP contribution in [0.5, 0.6) is 5.75 Å². The fraction of sp³-hybridized carbons (Fsp3) is 0.322. The zero-order chi connectivity index (χ0) is 71.7. The van der Waals surface area contributed by atoms with Crippen molar-refractivity contribution >= 4 is 91.4 Å². The number of nitrogens with zero attached hydrogens (tertiary/aromatic N) is 4. The lowest BCUT2D eigenvalue weighted by molar-refractivity contribution is -0.600. The zero-order valence-electron chi connectivity index (χ0n) is 49.0. The Balaban J connectivity index is 0.000000354. The van der Waals surface area contributed by atoms with Gasteiger partial charge in [0.2, 0.25) is 15.4 Å². The third kappa shape index (κ3) is 21.5. The maximum atomic E-state index is 14.9. The van der Waals surface area contributed by atoms with Crippen molar-refractivity contribution in [2.24, 2.45) is 0 Å². The summed E-state index contributed by atoms with van der Waals surface area (Å²) in [5, 5.41) is 0.194. The van der Waals surface area contributed by atoms with Gasteiger partial charge in [-0.15, -0.1) is 23.2 Å². The molecule has 2 aliphatic rings. The predicted octanol–water partition coefficient (Wildman–Crippen LogP) is 9.21. The molecule has 5 aromatic rings. The number of rotatable bonds is 21. The second-order valence-electron chi connectivity index (χ2n) is 19.6. The molecular weight excluding hydrogens is 1600 g/mol. The van der Waals surface area contributed by atoms with Crippen LogP contribution in [0.3, 0.4) is 0 Å². The number of amides is 6. The highest BCUT2D eigenvalue weighted by atomic mass is 127. The van der Waals surface area contributed by atoms with Crippen LogP contribution in [0, 0.1) is 10.7 Å². The molecule has 5 aromatic carbocycles. The van der Waals surface area contributed by atoms with Gasteiger partial charge in [0.1, 0.15) is 5.75 Å². The highest BCUT2D eigenvalue weighted by Gasteiger charge is 2.76. The van der Waals surface area contributed by atoms with E-state index in [1.807, 2.05) is 0 Å². The van der Waals surface area contributed by atoms with Gasteiger partial charge in [-0.2, -0.15) is 65.9 Å². The van der Waals surface area contributed by atoms with E-state index in [9.17, 15) is 94.6 Å². The summed E-state index contributed by atoms with van der Waals surface area (Å²) in [6, 6.07) is 27.2. The molecule has 0 unspecified atom stereocenters. The Kier molecular flexibility index (Phi) is 29.0. The van der Waals surface area contributed by atoms with Crippen LogP contribution in [-0.2, 0) is 85.9 Å². The quantitative estimate of drug-likeness (QED) is 0.0169. The summed E-state index contributed by atoms with van der Waals surface area (Å²) >= 11 is 9.32. The summed E-state index contributed by atoms with van der Waals surface area (Å²) in [6.07, 6.45) is -20.0. The van der Waals surface area contributed by atoms with Crippen LogP contribution >= 0.6 is 45.8 Å². The van der Waals surface area contributed by atoms with Gasteiger partial charge in [0.25, 0.3) is 34.8 Å². The van der Waals surface area contributed by atoms with Crippen LogP contribution in [0.1, 0.15) is 46.2 Å². The molecule has 95 heavy (non-hydrogen) atoms. The Labute approximate surface area is 566 Å². The number of alkyl halides is 17. The minimum Gasteiger partial charge on any atom is -0.741 e. The molecule has 6 amide bonds. The lowest BCUT2D eigenvalue weighted by Gasteiger charge is -2.38. The summed E-state index contributed by atoms with van der Waals surface area (Å²) in [5.41, 5.74) is -17.0. The third-order valence-electron chi connectivity index (χ3n) is 13.1. The van der Waals surface area contributed by atoms with E-state index in [-0.39, 0.29) is 73.8 Å². The number of carbonyl (C=O) groups is 6. The first-order chi connectivity index (χ1) is 44.0. The van der Waals surface area contributed by atoms with E-state index in [0.29, 0.717) is 9.32 Å². The molecule has 16 nitrogen and oxygen atoms in total. The standard InChI is InChI=1S/C32H28F6IN2O5.C25H21F6IN2O4.CH2Cl2.CHF3O3S/c1-40(27(42)16-17-41-28(43)14-15-29(41)44)19-22-8-13-26(39-23-9-11-24(45-2)12-10-23)25(18-22)30(31(33,34)35,32(36,37)38)46-20-21-6-4-3-5-7-21;1-33(20(35)11-12-34-21(36)9-10-22(34)37)14-17-7-8-19(32)18(13-17)23(24(26,27)28,25(29,30)31)38-15-16-5-3-2-4-6-16;2-1-3;2-1(3,4)8(5,6)7/h3-15,18H,16-17,19-20H2,1-2H3;2-10,13H,11-12,14-15H2,1H3;1H2;(H,5,6,7)/q+1;;;/p-1. The Morgan fingerprint density at radius 3 is 1.21 bits per heavy atom. The highest BCUT2D eigenvalue weighted by molar-refractivity contribution is 14.1. The average molecular weight is 1650 g/mol. The molecule has 0 atom stereocenters. The summed E-state index contributed by atoms with van der Waals surface area (Å²) in [6.45, 7) is -3.06. The van der Waals surface area contributed by atoms with Crippen LogP contribution < -0.4 is 25.9 Å². The number of halogens is 19. The number of carbonyl (C=O) groups excluding carboxylic acids is 6. The molecule has 0 bridgehead atoms. The van der Waals surface area contributed by atoms with E-state index < -0.39 is 133 Å². The number of ether oxygens (including phenoxy) is 3. The van der Waals surface area contributed by atoms with Gasteiger partial charge in [-0.05, 0) is 93.4 Å². The van der Waals surface area contributed by atoms with Gasteiger partial charge in [-0.25, -0.2) is 8.42 Å². The van der Waals surface area contributed by atoms with E-state index >= 15 is 0 Å². The molecule has 518 valence electrons. The van der Waals surface area contributed by atoms with Crippen molar-refractivity contribution in [3.05, 3.63) is 190 Å². The van der Waals surface area contributed by atoms with Gasteiger partial charge in [-0.3, -0.25) is 38.6 Å². The fourth-order valence-electron chi connectivity index (χ4n) is 8.49. The lowest BCUT2D eigenvalue weighted by atomic mass is 9.90. The topological polar surface area (TPSA) is 200 Å². The summed E-state index contributed by atoms with van der Waals surface area (Å²) in [5.74, 6) is -3.04. The SMILES string of the molecule is CN(Cc1ccc(I)c(C(OCc2ccccc2)(C(F)(F)F)C(F)(F)F)c1)C(=O)CCN1C(=O)C=CC1=O.COc1ccc([I+]c2ccc(CN(C)C(=O)CCN3C(=O)C=CC3=O)cc2C(OCc2ccccc2)(C(F)(F)F)C(F)(F)F)cc1.ClCCl.O=S(=O)([O-])C(F)(F)F. The van der Waals surface area contributed by atoms with E-state index in [4.69, 9.17) is 50.4 Å². The first kappa shape index (κ1) is 80.9. The molecule has 0 aromatic heterocycles. The average Bonchev–Trinajstić information content (AvgIpc) is 1.28. The normalized spacial score (nSPS) is 13.8. The number of benzene rings is 5. The molecule has 0 spiro atoms. The largest absolute Gasteiger partial charge is 0.741 e. The fourth-order valence-corrected chi connectivity index (χ4v) is 11.8. The predicted molar refractivity (Wildman–Crippen MR) is 312 cm³/mol. The van der Waals surface area contributed by atoms with Crippen LogP contribution in [0.4, 0.5) is 65.9 Å². The number of methoxy groups -OCH3 is 1. The molecule has 0 fully saturated rings. The van der Waals surface area contributed by atoms with Crippen LogP contribution in [0.25, 0.3) is 0 Å². The molecule has 0 saturated heterocycles. The van der Waals surface area contributed by atoms with E-state index in [0.717, 1.165) is 62.1 Å². The molecule has 2 heterocycles. The van der Waals surface area contributed by atoms with Gasteiger partial charge in [0.05, 0.1) is 31.2 Å². The van der Waals surface area contributed by atoms with Crippen LogP contribution in [0.2, 0.25) is 0 Å². The van der Waals surface area contributed by atoms with Crippen molar-refractivity contribution in [2.45, 2.75) is 80.6 Å². The maximum Gasteiger partial charge on any atom is 0.485 e. The summed E-state index contributed by atoms with van der Waals surface area (Å²) < 4.78 is 249. The number of imide groups is 2. The van der Waals surface area contributed by atoms with Gasteiger partial charge in [0, 0.05) is 86.6 Å². The number of hydrogen-bond acceptors (Lipinski definition) is 12. The second kappa shape index (κ2) is 34.1. The molecule has 0 saturated carbocycles. The molecule has 36 heteroatoms.